The Morgan fingerprint density at radius 1 is 1.17 bits per heavy atom. The first-order chi connectivity index (χ1) is 13.9. The largest absolute Gasteiger partial charge is 0.490 e. The number of amidine groups is 1. The minimum Gasteiger partial charge on any atom is -0.490 e. The molecule has 2 aromatic carbocycles. The molecule has 0 atom stereocenters. The smallest absolute Gasteiger partial charge is 0.266 e. The molecule has 1 amide bonds. The van der Waals surface area contributed by atoms with E-state index in [9.17, 15) is 4.79 Å². The summed E-state index contributed by atoms with van der Waals surface area (Å²) in [6.07, 6.45) is 1.78. The quantitative estimate of drug-likeness (QED) is 0.544. The standard InChI is InChI=1S/C21H20Cl2N2O3S/c1-4-27-17-10-14(11-18-20(26)25(3)21(24-2)29-18)9-16(23)19(17)28-12-13-5-7-15(22)8-6-13/h5-11H,4,12H2,1-3H3. The highest BCUT2D eigenvalue weighted by Gasteiger charge is 2.29. The van der Waals surface area contributed by atoms with Gasteiger partial charge in [-0.1, -0.05) is 35.3 Å². The maximum atomic E-state index is 12.4. The second kappa shape index (κ2) is 9.57. The molecule has 1 heterocycles. The highest BCUT2D eigenvalue weighted by Crippen LogP contribution is 2.39. The molecule has 8 heteroatoms. The van der Waals surface area contributed by atoms with Crippen LogP contribution in [0.25, 0.3) is 6.08 Å². The predicted molar refractivity (Wildman–Crippen MR) is 120 cm³/mol. The van der Waals surface area contributed by atoms with Gasteiger partial charge >= 0.3 is 0 Å². The zero-order chi connectivity index (χ0) is 21.0. The van der Waals surface area contributed by atoms with E-state index < -0.39 is 0 Å². The molecule has 152 valence electrons. The zero-order valence-electron chi connectivity index (χ0n) is 16.2. The van der Waals surface area contributed by atoms with Crippen LogP contribution >= 0.6 is 35.0 Å². The molecule has 2 aromatic rings. The van der Waals surface area contributed by atoms with Gasteiger partial charge in [0.2, 0.25) is 0 Å². The van der Waals surface area contributed by atoms with E-state index in [0.717, 1.165) is 11.1 Å². The number of hydrogen-bond acceptors (Lipinski definition) is 5. The summed E-state index contributed by atoms with van der Waals surface area (Å²) < 4.78 is 11.7. The Labute approximate surface area is 184 Å². The molecule has 1 saturated heterocycles. The van der Waals surface area contributed by atoms with Gasteiger partial charge in [-0.15, -0.1) is 0 Å². The molecular formula is C21H20Cl2N2O3S. The van der Waals surface area contributed by atoms with Crippen LogP contribution in [-0.2, 0) is 11.4 Å². The summed E-state index contributed by atoms with van der Waals surface area (Å²) in [5.41, 5.74) is 1.71. The van der Waals surface area contributed by atoms with E-state index in [1.807, 2.05) is 37.3 Å². The van der Waals surface area contributed by atoms with Gasteiger partial charge in [-0.25, -0.2) is 0 Å². The molecular weight excluding hydrogens is 431 g/mol. The van der Waals surface area contributed by atoms with Crippen molar-refractivity contribution in [3.8, 4) is 11.5 Å². The van der Waals surface area contributed by atoms with Crippen LogP contribution in [-0.4, -0.2) is 36.7 Å². The lowest BCUT2D eigenvalue weighted by molar-refractivity contribution is -0.121. The second-order valence-corrected chi connectivity index (χ2v) is 8.01. The van der Waals surface area contributed by atoms with Crippen molar-refractivity contribution in [2.45, 2.75) is 13.5 Å². The summed E-state index contributed by atoms with van der Waals surface area (Å²) in [6.45, 7) is 2.67. The van der Waals surface area contributed by atoms with E-state index in [0.29, 0.717) is 44.8 Å². The zero-order valence-corrected chi connectivity index (χ0v) is 18.6. The molecule has 0 N–H and O–H groups in total. The molecule has 0 unspecified atom stereocenters. The third kappa shape index (κ3) is 5.07. The topological polar surface area (TPSA) is 51.1 Å². The van der Waals surface area contributed by atoms with Gasteiger partial charge in [0.25, 0.3) is 5.91 Å². The number of hydrogen-bond donors (Lipinski definition) is 0. The van der Waals surface area contributed by atoms with Crippen molar-refractivity contribution < 1.29 is 14.3 Å². The lowest BCUT2D eigenvalue weighted by atomic mass is 10.1. The van der Waals surface area contributed by atoms with E-state index >= 15 is 0 Å². The molecule has 0 aliphatic carbocycles. The Hall–Kier alpha value is -2.15. The molecule has 0 bridgehead atoms. The number of likely N-dealkylation sites (N-methyl/N-ethyl adjacent to an activating group) is 1. The van der Waals surface area contributed by atoms with Crippen molar-refractivity contribution in [3.63, 3.8) is 0 Å². The number of halogens is 2. The van der Waals surface area contributed by atoms with Crippen molar-refractivity contribution in [1.82, 2.24) is 4.90 Å². The molecule has 0 radical (unpaired) electrons. The fraction of sp³-hybridized carbons (Fsp3) is 0.238. The minimum atomic E-state index is -0.104. The number of nitrogens with zero attached hydrogens (tertiary/aromatic N) is 2. The van der Waals surface area contributed by atoms with Crippen molar-refractivity contribution in [1.29, 1.82) is 0 Å². The summed E-state index contributed by atoms with van der Waals surface area (Å²) in [5.74, 6) is 0.880. The summed E-state index contributed by atoms with van der Waals surface area (Å²) >= 11 is 13.7. The number of ether oxygens (including phenoxy) is 2. The van der Waals surface area contributed by atoms with Crippen LogP contribution in [0.5, 0.6) is 11.5 Å². The SMILES string of the molecule is CCOc1cc(C=C2SC(=NC)N(C)C2=O)cc(Cl)c1OCc1ccc(Cl)cc1. The molecule has 29 heavy (non-hydrogen) atoms. The number of aliphatic imine (C=N–C) groups is 1. The Morgan fingerprint density at radius 2 is 1.90 bits per heavy atom. The maximum absolute atomic E-state index is 12.4. The van der Waals surface area contributed by atoms with Crippen LogP contribution in [0.3, 0.4) is 0 Å². The summed E-state index contributed by atoms with van der Waals surface area (Å²) in [5, 5.41) is 1.73. The Balaban J connectivity index is 1.87. The van der Waals surface area contributed by atoms with Gasteiger partial charge in [0.05, 0.1) is 16.5 Å². The molecule has 0 saturated carbocycles. The van der Waals surface area contributed by atoms with Crippen LogP contribution in [0.4, 0.5) is 0 Å². The lowest BCUT2D eigenvalue weighted by Gasteiger charge is -2.15. The molecule has 3 rings (SSSR count). The highest BCUT2D eigenvalue weighted by atomic mass is 35.5. The molecule has 1 aliphatic heterocycles. The highest BCUT2D eigenvalue weighted by molar-refractivity contribution is 8.18. The number of thioether (sulfide) groups is 1. The number of amides is 1. The predicted octanol–water partition coefficient (Wildman–Crippen LogP) is 5.50. The van der Waals surface area contributed by atoms with Crippen LogP contribution in [0.2, 0.25) is 10.0 Å². The van der Waals surface area contributed by atoms with Crippen molar-refractivity contribution >= 4 is 52.1 Å². The number of carbonyl (C=O) groups is 1. The average Bonchev–Trinajstić information content (AvgIpc) is 2.97. The Kier molecular flexibility index (Phi) is 7.11. The lowest BCUT2D eigenvalue weighted by Crippen LogP contribution is -2.23. The van der Waals surface area contributed by atoms with Crippen LogP contribution in [0, 0.1) is 0 Å². The fourth-order valence-corrected chi connectivity index (χ4v) is 4.04. The number of benzene rings is 2. The van der Waals surface area contributed by atoms with Gasteiger partial charge < -0.3 is 9.47 Å². The average molecular weight is 451 g/mol. The molecule has 5 nitrogen and oxygen atoms in total. The van der Waals surface area contributed by atoms with Gasteiger partial charge in [0.15, 0.2) is 16.7 Å². The van der Waals surface area contributed by atoms with Crippen LogP contribution in [0.15, 0.2) is 46.3 Å². The minimum absolute atomic E-state index is 0.104. The Morgan fingerprint density at radius 3 is 2.52 bits per heavy atom. The van der Waals surface area contributed by atoms with Crippen molar-refractivity contribution in [3.05, 3.63) is 62.5 Å². The second-order valence-electron chi connectivity index (χ2n) is 6.16. The van der Waals surface area contributed by atoms with Crippen LogP contribution < -0.4 is 9.47 Å². The molecule has 1 aliphatic rings. The summed E-state index contributed by atoms with van der Waals surface area (Å²) in [4.78, 5) is 18.6. The first kappa shape index (κ1) is 21.6. The fourth-order valence-electron chi connectivity index (χ4n) is 2.71. The van der Waals surface area contributed by atoms with Crippen molar-refractivity contribution in [2.75, 3.05) is 20.7 Å². The summed E-state index contributed by atoms with van der Waals surface area (Å²) in [6, 6.07) is 11.0. The van der Waals surface area contributed by atoms with Gasteiger partial charge in [-0.3, -0.25) is 14.7 Å². The number of carbonyl (C=O) groups excluding carboxylic acids is 1. The number of rotatable bonds is 6. The third-order valence-electron chi connectivity index (χ3n) is 4.12. The molecule has 1 fully saturated rings. The van der Waals surface area contributed by atoms with Crippen LogP contribution in [0.1, 0.15) is 18.1 Å². The van der Waals surface area contributed by atoms with Gasteiger partial charge in [0, 0.05) is 19.1 Å². The third-order valence-corrected chi connectivity index (χ3v) is 5.80. The van der Waals surface area contributed by atoms with E-state index in [2.05, 4.69) is 4.99 Å². The van der Waals surface area contributed by atoms with E-state index in [1.165, 1.54) is 16.7 Å². The first-order valence-electron chi connectivity index (χ1n) is 8.91. The Bertz CT molecular complexity index is 975. The summed E-state index contributed by atoms with van der Waals surface area (Å²) in [7, 11) is 3.36. The van der Waals surface area contributed by atoms with E-state index in [-0.39, 0.29) is 5.91 Å². The van der Waals surface area contributed by atoms with E-state index in [1.54, 1.807) is 26.2 Å². The first-order valence-corrected chi connectivity index (χ1v) is 10.5. The normalized spacial score (nSPS) is 16.7. The molecule has 0 spiro atoms. The maximum Gasteiger partial charge on any atom is 0.266 e. The van der Waals surface area contributed by atoms with Gasteiger partial charge in [-0.05, 0) is 60.2 Å². The van der Waals surface area contributed by atoms with E-state index in [4.69, 9.17) is 32.7 Å². The van der Waals surface area contributed by atoms with Gasteiger partial charge in [0.1, 0.15) is 6.61 Å². The van der Waals surface area contributed by atoms with Crippen molar-refractivity contribution in [2.24, 2.45) is 4.99 Å². The monoisotopic (exact) mass is 450 g/mol. The molecule has 0 aromatic heterocycles. The van der Waals surface area contributed by atoms with Gasteiger partial charge in [-0.2, -0.15) is 0 Å².